The number of benzene rings is 8. The standard InChI is InChI=1S/C54H38N4O/c1-4-15-37(16-5-1)46-36-47(38-17-6-2-7-18-38)56-54(55-46)58-48-24-11-10-19-39(48)27-28-44-34-42(29-31-49(44)58)40-20-14-21-41(33-40)43-30-32-51-53(35-43)59-52-26-13-12-25-50(52)57(51)45-22-8-3-9-23-45/h1-26,29-36H,27-28H2. The van der Waals surface area contributed by atoms with Crippen molar-refractivity contribution in [3.05, 3.63) is 217 Å². The maximum absolute atomic E-state index is 6.56. The fourth-order valence-corrected chi connectivity index (χ4v) is 8.46. The van der Waals surface area contributed by atoms with Gasteiger partial charge in [0.15, 0.2) is 11.5 Å². The van der Waals surface area contributed by atoms with Gasteiger partial charge in [0.05, 0.1) is 34.1 Å². The number of para-hydroxylation sites is 4. The van der Waals surface area contributed by atoms with Crippen LogP contribution in [0.4, 0.5) is 34.4 Å². The highest BCUT2D eigenvalue weighted by molar-refractivity contribution is 5.89. The third-order valence-corrected chi connectivity index (χ3v) is 11.3. The first-order valence-corrected chi connectivity index (χ1v) is 20.1. The highest BCUT2D eigenvalue weighted by Gasteiger charge is 2.28. The Bertz CT molecular complexity index is 2930. The second-order valence-electron chi connectivity index (χ2n) is 15.0. The molecule has 8 aromatic carbocycles. The van der Waals surface area contributed by atoms with E-state index < -0.39 is 0 Å². The largest absolute Gasteiger partial charge is 0.453 e. The molecule has 2 aliphatic heterocycles. The summed E-state index contributed by atoms with van der Waals surface area (Å²) >= 11 is 0. The van der Waals surface area contributed by atoms with Crippen LogP contribution in [0.15, 0.2) is 206 Å². The highest BCUT2D eigenvalue weighted by atomic mass is 16.5. The summed E-state index contributed by atoms with van der Waals surface area (Å²) in [5.41, 5.74) is 16.3. The highest BCUT2D eigenvalue weighted by Crippen LogP contribution is 2.51. The van der Waals surface area contributed by atoms with Crippen molar-refractivity contribution >= 4 is 34.4 Å². The number of hydrogen-bond acceptors (Lipinski definition) is 5. The molecule has 3 heterocycles. The average Bonchev–Trinajstić information content (AvgIpc) is 3.48. The van der Waals surface area contributed by atoms with Gasteiger partial charge < -0.3 is 9.64 Å². The second-order valence-corrected chi connectivity index (χ2v) is 15.0. The first-order valence-electron chi connectivity index (χ1n) is 20.1. The zero-order valence-corrected chi connectivity index (χ0v) is 32.2. The van der Waals surface area contributed by atoms with Crippen LogP contribution < -0.4 is 14.5 Å². The minimum Gasteiger partial charge on any atom is -0.453 e. The van der Waals surface area contributed by atoms with E-state index in [-0.39, 0.29) is 0 Å². The zero-order chi connectivity index (χ0) is 39.1. The molecule has 5 heteroatoms. The van der Waals surface area contributed by atoms with Crippen molar-refractivity contribution in [3.63, 3.8) is 0 Å². The predicted octanol–water partition coefficient (Wildman–Crippen LogP) is 14.3. The van der Waals surface area contributed by atoms with Gasteiger partial charge in [0.25, 0.3) is 0 Å². The molecule has 11 rings (SSSR count). The number of ether oxygens (including phenoxy) is 1. The molecule has 1 aromatic heterocycles. The van der Waals surface area contributed by atoms with E-state index in [1.807, 2.05) is 30.3 Å². The third kappa shape index (κ3) is 6.39. The van der Waals surface area contributed by atoms with Crippen LogP contribution in [0.1, 0.15) is 11.1 Å². The van der Waals surface area contributed by atoms with E-state index >= 15 is 0 Å². The Balaban J connectivity index is 0.986. The van der Waals surface area contributed by atoms with Crippen molar-refractivity contribution in [2.45, 2.75) is 12.8 Å². The van der Waals surface area contributed by atoms with Gasteiger partial charge in [-0.1, -0.05) is 140 Å². The van der Waals surface area contributed by atoms with Crippen molar-refractivity contribution in [2.24, 2.45) is 0 Å². The fraction of sp³-hybridized carbons (Fsp3) is 0.0370. The lowest BCUT2D eigenvalue weighted by Gasteiger charge is -2.33. The van der Waals surface area contributed by atoms with Gasteiger partial charge in [0.2, 0.25) is 5.95 Å². The number of aromatic nitrogens is 2. The Labute approximate surface area is 344 Å². The van der Waals surface area contributed by atoms with Crippen molar-refractivity contribution in [1.82, 2.24) is 9.97 Å². The predicted molar refractivity (Wildman–Crippen MR) is 241 cm³/mol. The van der Waals surface area contributed by atoms with E-state index in [9.17, 15) is 0 Å². The molecule has 0 N–H and O–H groups in total. The molecule has 280 valence electrons. The molecule has 0 fully saturated rings. The summed E-state index contributed by atoms with van der Waals surface area (Å²) in [5, 5.41) is 0. The summed E-state index contributed by atoms with van der Waals surface area (Å²) in [4.78, 5) is 15.1. The first-order chi connectivity index (χ1) is 29.2. The van der Waals surface area contributed by atoms with E-state index in [2.05, 4.69) is 186 Å². The molecule has 0 saturated carbocycles. The monoisotopic (exact) mass is 758 g/mol. The average molecular weight is 759 g/mol. The lowest BCUT2D eigenvalue weighted by atomic mass is 9.95. The summed E-state index contributed by atoms with van der Waals surface area (Å²) in [7, 11) is 0. The lowest BCUT2D eigenvalue weighted by Crippen LogP contribution is -2.15. The van der Waals surface area contributed by atoms with Crippen molar-refractivity contribution in [2.75, 3.05) is 9.80 Å². The van der Waals surface area contributed by atoms with E-state index in [1.165, 1.54) is 16.7 Å². The smallest absolute Gasteiger partial charge is 0.235 e. The SMILES string of the molecule is c1ccc(-c2cc(-c3ccccc3)nc(N3c4ccccc4CCc4cc(-c5cccc(-c6ccc7c(c6)Oc6ccccc6N7c6ccccc6)c5)ccc43)n2)cc1. The van der Waals surface area contributed by atoms with Crippen LogP contribution in [0, 0.1) is 0 Å². The van der Waals surface area contributed by atoms with Crippen LogP contribution in [0.5, 0.6) is 11.5 Å². The molecule has 0 atom stereocenters. The maximum atomic E-state index is 6.56. The summed E-state index contributed by atoms with van der Waals surface area (Å²) in [6.07, 6.45) is 1.80. The number of aryl methyl sites for hydroxylation is 2. The van der Waals surface area contributed by atoms with E-state index in [4.69, 9.17) is 14.7 Å². The lowest BCUT2D eigenvalue weighted by molar-refractivity contribution is 0.477. The number of nitrogens with zero attached hydrogens (tertiary/aromatic N) is 4. The topological polar surface area (TPSA) is 41.5 Å². The summed E-state index contributed by atoms with van der Waals surface area (Å²) in [5.74, 6) is 2.32. The van der Waals surface area contributed by atoms with E-state index in [0.29, 0.717) is 5.95 Å². The second kappa shape index (κ2) is 14.6. The van der Waals surface area contributed by atoms with Gasteiger partial charge in [-0.05, 0) is 113 Å². The summed E-state index contributed by atoms with van der Waals surface area (Å²) in [6.45, 7) is 0. The molecule has 0 bridgehead atoms. The molecular weight excluding hydrogens is 721 g/mol. The Kier molecular flexibility index (Phi) is 8.55. The van der Waals surface area contributed by atoms with Crippen molar-refractivity contribution in [1.29, 1.82) is 0 Å². The van der Waals surface area contributed by atoms with Gasteiger partial charge in [0, 0.05) is 16.8 Å². The first kappa shape index (κ1) is 34.5. The molecule has 0 saturated heterocycles. The zero-order valence-electron chi connectivity index (χ0n) is 32.2. The Morgan fingerprint density at radius 3 is 1.56 bits per heavy atom. The molecule has 9 aromatic rings. The molecule has 2 aliphatic rings. The summed E-state index contributed by atoms with van der Waals surface area (Å²) in [6, 6.07) is 72.4. The van der Waals surface area contributed by atoms with Crippen LogP contribution in [-0.2, 0) is 12.8 Å². The fourth-order valence-electron chi connectivity index (χ4n) is 8.46. The number of fused-ring (bicyclic) bond motifs is 4. The molecule has 0 radical (unpaired) electrons. The quantitative estimate of drug-likeness (QED) is 0.169. The number of rotatable bonds is 6. The van der Waals surface area contributed by atoms with Gasteiger partial charge in [-0.25, -0.2) is 9.97 Å². The Morgan fingerprint density at radius 1 is 0.339 bits per heavy atom. The third-order valence-electron chi connectivity index (χ3n) is 11.3. The molecule has 0 unspecified atom stereocenters. The molecular formula is C54H38N4O. The maximum Gasteiger partial charge on any atom is 0.235 e. The van der Waals surface area contributed by atoms with Crippen molar-refractivity contribution < 1.29 is 4.74 Å². The number of hydrogen-bond donors (Lipinski definition) is 0. The van der Waals surface area contributed by atoms with Crippen LogP contribution >= 0.6 is 0 Å². The minimum atomic E-state index is 0.652. The van der Waals surface area contributed by atoms with Crippen LogP contribution in [0.3, 0.4) is 0 Å². The summed E-state index contributed by atoms with van der Waals surface area (Å²) < 4.78 is 6.56. The van der Waals surface area contributed by atoms with Crippen LogP contribution in [0.25, 0.3) is 44.8 Å². The molecule has 0 aliphatic carbocycles. The Morgan fingerprint density at radius 2 is 0.847 bits per heavy atom. The van der Waals surface area contributed by atoms with E-state index in [0.717, 1.165) is 92.0 Å². The molecule has 0 spiro atoms. The number of anilines is 6. The van der Waals surface area contributed by atoms with Gasteiger partial charge in [-0.15, -0.1) is 0 Å². The molecule has 0 amide bonds. The van der Waals surface area contributed by atoms with Gasteiger partial charge in [-0.2, -0.15) is 0 Å². The van der Waals surface area contributed by atoms with Gasteiger partial charge in [0.1, 0.15) is 0 Å². The molecule has 5 nitrogen and oxygen atoms in total. The van der Waals surface area contributed by atoms with Crippen LogP contribution in [-0.4, -0.2) is 9.97 Å². The molecule has 59 heavy (non-hydrogen) atoms. The van der Waals surface area contributed by atoms with Crippen molar-refractivity contribution in [3.8, 4) is 56.3 Å². The van der Waals surface area contributed by atoms with Gasteiger partial charge >= 0.3 is 0 Å². The van der Waals surface area contributed by atoms with Crippen LogP contribution in [0.2, 0.25) is 0 Å². The van der Waals surface area contributed by atoms with Gasteiger partial charge in [-0.3, -0.25) is 4.90 Å². The minimum absolute atomic E-state index is 0.652. The Hall–Kier alpha value is -7.76. The normalized spacial score (nSPS) is 12.7. The van der Waals surface area contributed by atoms with E-state index in [1.54, 1.807) is 0 Å².